The molecule has 5 nitrogen and oxygen atoms in total. The number of ether oxygens (including phenoxy) is 1. The van der Waals surface area contributed by atoms with E-state index in [2.05, 4.69) is 28.4 Å². The number of nitrogens with zero attached hydrogens (tertiary/aromatic N) is 2. The first-order valence-electron chi connectivity index (χ1n) is 8.33. The molecule has 0 aromatic heterocycles. The van der Waals surface area contributed by atoms with E-state index in [4.69, 9.17) is 10.00 Å². The van der Waals surface area contributed by atoms with Gasteiger partial charge < -0.3 is 20.1 Å². The third-order valence-corrected chi connectivity index (χ3v) is 3.95. The lowest BCUT2D eigenvalue weighted by molar-refractivity contribution is 0.104. The Morgan fingerprint density at radius 1 is 1.08 bits per heavy atom. The average Bonchev–Trinajstić information content (AvgIpc) is 2.64. The fraction of sp³-hybridized carbons (Fsp3) is 0.350. The Balaban J connectivity index is 1.75. The summed E-state index contributed by atoms with van der Waals surface area (Å²) in [6, 6.07) is 19.5. The molecule has 0 saturated heterocycles. The number of aliphatic hydroxyl groups excluding tert-OH is 1. The molecule has 0 radical (unpaired) electrons. The Bertz CT molecular complexity index is 666. The number of likely N-dealkylation sites (N-methyl/N-ethyl adjacent to an activating group) is 1. The molecule has 0 heterocycles. The maximum Gasteiger partial charge on any atom is 0.119 e. The van der Waals surface area contributed by atoms with Crippen molar-refractivity contribution in [1.29, 1.82) is 5.26 Å². The van der Waals surface area contributed by atoms with Gasteiger partial charge in [0, 0.05) is 19.1 Å². The second-order valence-electron chi connectivity index (χ2n) is 6.15. The van der Waals surface area contributed by atoms with Gasteiger partial charge in [-0.15, -0.1) is 0 Å². The topological polar surface area (TPSA) is 68.5 Å². The van der Waals surface area contributed by atoms with Crippen molar-refractivity contribution in [1.82, 2.24) is 10.2 Å². The van der Waals surface area contributed by atoms with Crippen molar-refractivity contribution in [2.75, 3.05) is 33.8 Å². The van der Waals surface area contributed by atoms with Crippen LogP contribution in [-0.2, 0) is 0 Å². The van der Waals surface area contributed by atoms with E-state index in [1.165, 1.54) is 5.56 Å². The van der Waals surface area contributed by atoms with E-state index in [1.54, 1.807) is 24.3 Å². The minimum atomic E-state index is -0.603. The predicted octanol–water partition coefficient (Wildman–Crippen LogP) is 2.19. The molecule has 0 aliphatic carbocycles. The monoisotopic (exact) mass is 339 g/mol. The van der Waals surface area contributed by atoms with Crippen molar-refractivity contribution in [3.05, 3.63) is 65.7 Å². The summed E-state index contributed by atoms with van der Waals surface area (Å²) in [5.74, 6) is 0.647. The Morgan fingerprint density at radius 3 is 2.36 bits per heavy atom. The molecule has 5 heteroatoms. The molecule has 2 aromatic rings. The van der Waals surface area contributed by atoms with Gasteiger partial charge in [0.2, 0.25) is 0 Å². The first kappa shape index (κ1) is 18.9. The minimum absolute atomic E-state index is 0.205. The fourth-order valence-electron chi connectivity index (χ4n) is 2.54. The molecule has 2 aromatic carbocycles. The lowest BCUT2D eigenvalue weighted by atomic mass is 10.1. The summed E-state index contributed by atoms with van der Waals surface area (Å²) in [4.78, 5) is 2.15. The predicted molar refractivity (Wildman–Crippen MR) is 98.4 cm³/mol. The highest BCUT2D eigenvalue weighted by atomic mass is 16.5. The highest BCUT2D eigenvalue weighted by Gasteiger charge is 2.14. The van der Waals surface area contributed by atoms with Gasteiger partial charge in [0.25, 0.3) is 0 Å². The van der Waals surface area contributed by atoms with Crippen LogP contribution in [0.2, 0.25) is 0 Å². The zero-order valence-electron chi connectivity index (χ0n) is 14.7. The Hall–Kier alpha value is -2.39. The summed E-state index contributed by atoms with van der Waals surface area (Å²) in [6.45, 7) is 1.40. The SMILES string of the molecule is CN(C)C(CNCC(O)COc1ccc(C#N)cc1)c1ccccc1. The fourth-order valence-corrected chi connectivity index (χ4v) is 2.54. The van der Waals surface area contributed by atoms with Crippen LogP contribution in [0.1, 0.15) is 17.2 Å². The molecule has 25 heavy (non-hydrogen) atoms. The molecule has 2 N–H and O–H groups in total. The molecule has 0 spiro atoms. The maximum atomic E-state index is 10.1. The molecular weight excluding hydrogens is 314 g/mol. The molecule has 2 atom stereocenters. The number of aliphatic hydroxyl groups is 1. The van der Waals surface area contributed by atoms with Gasteiger partial charge in [0.15, 0.2) is 0 Å². The van der Waals surface area contributed by atoms with Crippen LogP contribution in [0.3, 0.4) is 0 Å². The normalized spacial score (nSPS) is 13.2. The van der Waals surface area contributed by atoms with E-state index in [0.29, 0.717) is 17.9 Å². The Labute approximate surface area is 149 Å². The van der Waals surface area contributed by atoms with Crippen molar-refractivity contribution in [2.45, 2.75) is 12.1 Å². The third kappa shape index (κ3) is 6.20. The quantitative estimate of drug-likeness (QED) is 0.733. The summed E-state index contributed by atoms with van der Waals surface area (Å²) >= 11 is 0. The number of benzene rings is 2. The number of rotatable bonds is 9. The molecule has 0 aliphatic heterocycles. The van der Waals surface area contributed by atoms with Gasteiger partial charge in [-0.1, -0.05) is 30.3 Å². The second kappa shape index (κ2) is 9.80. The highest BCUT2D eigenvalue weighted by Crippen LogP contribution is 2.16. The number of hydrogen-bond acceptors (Lipinski definition) is 5. The second-order valence-corrected chi connectivity index (χ2v) is 6.15. The minimum Gasteiger partial charge on any atom is -0.491 e. The van der Waals surface area contributed by atoms with Crippen LogP contribution in [0, 0.1) is 11.3 Å². The molecule has 2 unspecified atom stereocenters. The van der Waals surface area contributed by atoms with Crippen molar-refractivity contribution < 1.29 is 9.84 Å². The molecule has 0 aliphatic rings. The van der Waals surface area contributed by atoms with E-state index in [9.17, 15) is 5.11 Å². The first-order valence-corrected chi connectivity index (χ1v) is 8.33. The van der Waals surface area contributed by atoms with Crippen LogP contribution in [0.15, 0.2) is 54.6 Å². The van der Waals surface area contributed by atoms with E-state index >= 15 is 0 Å². The van der Waals surface area contributed by atoms with Crippen LogP contribution in [0.25, 0.3) is 0 Å². The van der Waals surface area contributed by atoms with Gasteiger partial charge >= 0.3 is 0 Å². The van der Waals surface area contributed by atoms with E-state index in [1.807, 2.05) is 32.3 Å². The summed E-state index contributed by atoms with van der Waals surface area (Å²) < 4.78 is 5.55. The van der Waals surface area contributed by atoms with Crippen LogP contribution in [0.5, 0.6) is 5.75 Å². The molecule has 2 rings (SSSR count). The first-order chi connectivity index (χ1) is 12.1. The molecule has 0 fully saturated rings. The highest BCUT2D eigenvalue weighted by molar-refractivity contribution is 5.34. The smallest absolute Gasteiger partial charge is 0.119 e. The summed E-state index contributed by atoms with van der Waals surface area (Å²) in [5, 5.41) is 22.2. The molecule has 132 valence electrons. The number of nitrogens with one attached hydrogen (secondary N) is 1. The molecule has 0 amide bonds. The Kier molecular flexibility index (Phi) is 7.42. The zero-order chi connectivity index (χ0) is 18.1. The summed E-state index contributed by atoms with van der Waals surface area (Å²) in [7, 11) is 4.09. The van der Waals surface area contributed by atoms with Crippen molar-refractivity contribution in [3.63, 3.8) is 0 Å². The lowest BCUT2D eigenvalue weighted by Gasteiger charge is -2.25. The van der Waals surface area contributed by atoms with Crippen LogP contribution < -0.4 is 10.1 Å². The molecule has 0 bridgehead atoms. The lowest BCUT2D eigenvalue weighted by Crippen LogP contribution is -2.37. The van der Waals surface area contributed by atoms with E-state index in [0.717, 1.165) is 6.54 Å². The molecule has 0 saturated carbocycles. The van der Waals surface area contributed by atoms with Crippen molar-refractivity contribution in [3.8, 4) is 11.8 Å². The van der Waals surface area contributed by atoms with Gasteiger partial charge in [-0.2, -0.15) is 5.26 Å². The third-order valence-electron chi connectivity index (χ3n) is 3.95. The van der Waals surface area contributed by atoms with Gasteiger partial charge in [-0.25, -0.2) is 0 Å². The van der Waals surface area contributed by atoms with Gasteiger partial charge in [-0.3, -0.25) is 0 Å². The van der Waals surface area contributed by atoms with Crippen LogP contribution in [-0.4, -0.2) is 49.9 Å². The number of hydrogen-bond donors (Lipinski definition) is 2. The standard InChI is InChI=1S/C20H25N3O2/c1-23(2)20(17-6-4-3-5-7-17)14-22-13-18(24)15-25-19-10-8-16(12-21)9-11-19/h3-11,18,20,22,24H,13-15H2,1-2H3. The zero-order valence-corrected chi connectivity index (χ0v) is 14.7. The maximum absolute atomic E-state index is 10.1. The number of nitriles is 1. The van der Waals surface area contributed by atoms with Gasteiger partial charge in [0.1, 0.15) is 18.5 Å². The Morgan fingerprint density at radius 2 is 1.76 bits per heavy atom. The van der Waals surface area contributed by atoms with E-state index in [-0.39, 0.29) is 12.6 Å². The van der Waals surface area contributed by atoms with Crippen molar-refractivity contribution in [2.24, 2.45) is 0 Å². The van der Waals surface area contributed by atoms with Crippen LogP contribution >= 0.6 is 0 Å². The largest absolute Gasteiger partial charge is 0.491 e. The van der Waals surface area contributed by atoms with Gasteiger partial charge in [0.05, 0.1) is 11.6 Å². The van der Waals surface area contributed by atoms with Gasteiger partial charge in [-0.05, 0) is 43.9 Å². The van der Waals surface area contributed by atoms with Crippen LogP contribution in [0.4, 0.5) is 0 Å². The summed E-state index contributed by atoms with van der Waals surface area (Å²) in [6.07, 6.45) is -0.603. The average molecular weight is 339 g/mol. The molecular formula is C20H25N3O2. The summed E-state index contributed by atoms with van der Waals surface area (Å²) in [5.41, 5.74) is 1.83. The van der Waals surface area contributed by atoms with E-state index < -0.39 is 6.10 Å². The van der Waals surface area contributed by atoms with Crippen molar-refractivity contribution >= 4 is 0 Å².